The highest BCUT2D eigenvalue weighted by Crippen LogP contribution is 2.28. The number of hydrogen-bond donors (Lipinski definition) is 2. The molecular weight excluding hydrogens is 381 g/mol. The van der Waals surface area contributed by atoms with Gasteiger partial charge in [0.1, 0.15) is 12.1 Å². The van der Waals surface area contributed by atoms with Crippen LogP contribution in [0.5, 0.6) is 0 Å². The molecule has 4 N–H and O–H groups in total. The Morgan fingerprint density at radius 3 is 2.89 bits per heavy atom. The van der Waals surface area contributed by atoms with Crippen LogP contribution in [0, 0.1) is 0 Å². The molecule has 0 unspecified atom stereocenters. The van der Waals surface area contributed by atoms with E-state index in [1.165, 1.54) is 22.2 Å². The summed E-state index contributed by atoms with van der Waals surface area (Å²) < 4.78 is 16.2. The van der Waals surface area contributed by atoms with Crippen LogP contribution in [0.15, 0.2) is 59.4 Å². The van der Waals surface area contributed by atoms with Gasteiger partial charge in [0.15, 0.2) is 5.13 Å². The number of nitrogens with zero attached hydrogens (tertiary/aromatic N) is 5. The standard InChI is InChI=1S/C18H16FN7OS/c19-7-11(8-20)9-26-18(27)25(10-22-26)16-3-1-2-13(23-16)12-4-5-15-14(6-12)24-17(21)28-15/h1-7,10H,8-9,20H2,(H2,21,24)/b11-7+. The molecule has 0 aliphatic rings. The summed E-state index contributed by atoms with van der Waals surface area (Å²) in [5, 5.41) is 4.52. The van der Waals surface area contributed by atoms with Gasteiger partial charge < -0.3 is 11.5 Å². The highest BCUT2D eigenvalue weighted by molar-refractivity contribution is 7.22. The predicted molar refractivity (Wildman–Crippen MR) is 107 cm³/mol. The van der Waals surface area contributed by atoms with E-state index in [9.17, 15) is 9.18 Å². The number of benzene rings is 1. The third-order valence-corrected chi connectivity index (χ3v) is 5.05. The maximum atomic E-state index is 12.7. The summed E-state index contributed by atoms with van der Waals surface area (Å²) >= 11 is 1.42. The summed E-state index contributed by atoms with van der Waals surface area (Å²) in [6, 6.07) is 11.1. The summed E-state index contributed by atoms with van der Waals surface area (Å²) in [5.74, 6) is 0.408. The first kappa shape index (κ1) is 18.0. The Balaban J connectivity index is 1.71. The van der Waals surface area contributed by atoms with Crippen molar-refractivity contribution in [3.63, 3.8) is 0 Å². The molecule has 0 bridgehead atoms. The maximum absolute atomic E-state index is 12.7. The predicted octanol–water partition coefficient (Wildman–Crippen LogP) is 2.10. The van der Waals surface area contributed by atoms with Crippen LogP contribution >= 0.6 is 11.3 Å². The molecule has 0 aliphatic heterocycles. The van der Waals surface area contributed by atoms with Crippen molar-refractivity contribution < 1.29 is 4.39 Å². The largest absolute Gasteiger partial charge is 0.375 e. The van der Waals surface area contributed by atoms with Gasteiger partial charge in [0.25, 0.3) is 0 Å². The fraction of sp³-hybridized carbons (Fsp3) is 0.111. The third-order valence-electron chi connectivity index (χ3n) is 4.18. The van der Waals surface area contributed by atoms with Crippen molar-refractivity contribution in [2.75, 3.05) is 12.3 Å². The molecule has 142 valence electrons. The molecule has 28 heavy (non-hydrogen) atoms. The Kier molecular flexibility index (Phi) is 4.72. The van der Waals surface area contributed by atoms with E-state index >= 15 is 0 Å². The Morgan fingerprint density at radius 1 is 1.25 bits per heavy atom. The molecule has 0 spiro atoms. The van der Waals surface area contributed by atoms with E-state index in [1.807, 2.05) is 24.3 Å². The highest BCUT2D eigenvalue weighted by atomic mass is 32.1. The number of fused-ring (bicyclic) bond motifs is 1. The Bertz CT molecular complexity index is 1240. The molecule has 3 heterocycles. The smallest absolute Gasteiger partial charge is 0.351 e. The zero-order valence-corrected chi connectivity index (χ0v) is 15.4. The number of rotatable bonds is 5. The van der Waals surface area contributed by atoms with Gasteiger partial charge in [-0.3, -0.25) is 0 Å². The minimum absolute atomic E-state index is 0.00709. The van der Waals surface area contributed by atoms with Gasteiger partial charge in [-0.1, -0.05) is 23.5 Å². The van der Waals surface area contributed by atoms with E-state index in [1.54, 1.807) is 12.1 Å². The highest BCUT2D eigenvalue weighted by Gasteiger charge is 2.11. The molecule has 8 nitrogen and oxygen atoms in total. The molecule has 3 aromatic heterocycles. The number of anilines is 1. The number of nitrogen functional groups attached to an aromatic ring is 1. The van der Waals surface area contributed by atoms with Gasteiger partial charge in [0, 0.05) is 12.1 Å². The number of pyridine rings is 1. The van der Waals surface area contributed by atoms with Gasteiger partial charge in [0.05, 0.1) is 28.8 Å². The normalized spacial score (nSPS) is 12.0. The van der Waals surface area contributed by atoms with Gasteiger partial charge in [-0.25, -0.2) is 28.4 Å². The van der Waals surface area contributed by atoms with Crippen LogP contribution in [-0.2, 0) is 6.54 Å². The van der Waals surface area contributed by atoms with Gasteiger partial charge in [-0.2, -0.15) is 5.10 Å². The number of halogens is 1. The van der Waals surface area contributed by atoms with E-state index < -0.39 is 5.69 Å². The molecule has 0 fully saturated rings. The Labute approximate surface area is 162 Å². The molecule has 10 heteroatoms. The zero-order valence-electron chi connectivity index (χ0n) is 14.6. The van der Waals surface area contributed by atoms with E-state index in [4.69, 9.17) is 11.5 Å². The van der Waals surface area contributed by atoms with Crippen LogP contribution in [-0.4, -0.2) is 30.9 Å². The Hall–Kier alpha value is -3.37. The number of aromatic nitrogens is 5. The lowest BCUT2D eigenvalue weighted by molar-refractivity contribution is 0.612. The Morgan fingerprint density at radius 2 is 2.11 bits per heavy atom. The summed E-state index contributed by atoms with van der Waals surface area (Å²) in [7, 11) is 0. The van der Waals surface area contributed by atoms with E-state index in [-0.39, 0.29) is 18.7 Å². The molecule has 4 aromatic rings. The van der Waals surface area contributed by atoms with Crippen molar-refractivity contribution >= 4 is 26.7 Å². The van der Waals surface area contributed by atoms with E-state index in [0.29, 0.717) is 23.0 Å². The van der Waals surface area contributed by atoms with Gasteiger partial charge in [-0.05, 0) is 29.8 Å². The summed E-state index contributed by atoms with van der Waals surface area (Å²) in [4.78, 5) is 21.4. The SMILES string of the molecule is NC/C(=C\F)Cn1ncn(-c2cccc(-c3ccc4sc(N)nc4c3)n2)c1=O. The van der Waals surface area contributed by atoms with Gasteiger partial charge >= 0.3 is 5.69 Å². The van der Waals surface area contributed by atoms with Crippen molar-refractivity contribution in [3.05, 3.63) is 65.1 Å². The van der Waals surface area contributed by atoms with Crippen molar-refractivity contribution in [1.29, 1.82) is 0 Å². The number of thiazole rings is 1. The minimum atomic E-state index is -0.430. The fourth-order valence-corrected chi connectivity index (χ4v) is 3.48. The topological polar surface area (TPSA) is 118 Å². The molecular formula is C18H16FN7OS. The number of hydrogen-bond acceptors (Lipinski definition) is 7. The minimum Gasteiger partial charge on any atom is -0.375 e. The van der Waals surface area contributed by atoms with Crippen LogP contribution < -0.4 is 17.2 Å². The zero-order chi connectivity index (χ0) is 19.7. The quantitative estimate of drug-likeness (QED) is 0.532. The molecule has 1 aromatic carbocycles. The van der Waals surface area contributed by atoms with Crippen LogP contribution in [0.4, 0.5) is 9.52 Å². The molecule has 0 amide bonds. The summed E-state index contributed by atoms with van der Waals surface area (Å²) in [6.07, 6.45) is 1.75. The molecule has 4 rings (SSSR count). The van der Waals surface area contributed by atoms with Gasteiger partial charge in [-0.15, -0.1) is 0 Å². The van der Waals surface area contributed by atoms with Crippen molar-refractivity contribution in [3.8, 4) is 17.1 Å². The lowest BCUT2D eigenvalue weighted by Crippen LogP contribution is -2.26. The molecule has 0 aliphatic carbocycles. The lowest BCUT2D eigenvalue weighted by Gasteiger charge is -2.05. The first-order valence-electron chi connectivity index (χ1n) is 8.35. The molecule has 0 radical (unpaired) electrons. The van der Waals surface area contributed by atoms with Crippen molar-refractivity contribution in [2.24, 2.45) is 5.73 Å². The second kappa shape index (κ2) is 7.33. The van der Waals surface area contributed by atoms with E-state index in [0.717, 1.165) is 20.5 Å². The second-order valence-corrected chi connectivity index (χ2v) is 7.09. The first-order chi connectivity index (χ1) is 13.6. The molecule has 0 saturated carbocycles. The van der Waals surface area contributed by atoms with Crippen LogP contribution in [0.25, 0.3) is 27.3 Å². The first-order valence-corrected chi connectivity index (χ1v) is 9.17. The maximum Gasteiger partial charge on any atom is 0.351 e. The summed E-state index contributed by atoms with van der Waals surface area (Å²) in [6.45, 7) is -0.00636. The van der Waals surface area contributed by atoms with Crippen molar-refractivity contribution in [2.45, 2.75) is 6.54 Å². The average Bonchev–Trinajstić information content (AvgIpc) is 3.27. The molecule has 0 saturated heterocycles. The number of nitrogens with two attached hydrogens (primary N) is 2. The summed E-state index contributed by atoms with van der Waals surface area (Å²) in [5.41, 5.74) is 13.4. The average molecular weight is 397 g/mol. The van der Waals surface area contributed by atoms with Crippen LogP contribution in [0.3, 0.4) is 0 Å². The fourth-order valence-electron chi connectivity index (χ4n) is 2.76. The van der Waals surface area contributed by atoms with Crippen LogP contribution in [0.2, 0.25) is 0 Å². The third kappa shape index (κ3) is 3.30. The monoisotopic (exact) mass is 397 g/mol. The van der Waals surface area contributed by atoms with E-state index in [2.05, 4.69) is 15.1 Å². The lowest BCUT2D eigenvalue weighted by atomic mass is 10.1. The van der Waals surface area contributed by atoms with Crippen molar-refractivity contribution in [1.82, 2.24) is 24.3 Å². The van der Waals surface area contributed by atoms with Crippen LogP contribution in [0.1, 0.15) is 0 Å². The second-order valence-electron chi connectivity index (χ2n) is 6.03. The molecule has 0 atom stereocenters. The van der Waals surface area contributed by atoms with Gasteiger partial charge in [0.2, 0.25) is 0 Å².